The summed E-state index contributed by atoms with van der Waals surface area (Å²) in [5.41, 5.74) is -0.214. The van der Waals surface area contributed by atoms with Crippen molar-refractivity contribution in [1.29, 1.82) is 0 Å². The molecule has 0 radical (unpaired) electrons. The van der Waals surface area contributed by atoms with Crippen LogP contribution in [0.3, 0.4) is 0 Å². The van der Waals surface area contributed by atoms with Crippen LogP contribution in [0.5, 0.6) is 0 Å². The molecule has 1 rings (SSSR count). The molecule has 0 aliphatic carbocycles. The van der Waals surface area contributed by atoms with Crippen molar-refractivity contribution in [3.05, 3.63) is 0 Å². The number of piperazine rings is 1. The number of rotatable bonds is 2. The minimum Gasteiger partial charge on any atom is -0.364 e. The Labute approximate surface area is 90.9 Å². The van der Waals surface area contributed by atoms with Gasteiger partial charge >= 0.3 is 0 Å². The molecule has 1 heterocycles. The number of amides is 1. The van der Waals surface area contributed by atoms with Gasteiger partial charge in [-0.1, -0.05) is 0 Å². The largest absolute Gasteiger partial charge is 0.364 e. The highest BCUT2D eigenvalue weighted by atomic mass is 16.5. The number of hydrogen-bond donors (Lipinski definition) is 3. The Morgan fingerprint density at radius 2 is 1.93 bits per heavy atom. The van der Waals surface area contributed by atoms with Crippen molar-refractivity contribution in [2.45, 2.75) is 38.6 Å². The first-order valence-electron chi connectivity index (χ1n) is 5.25. The predicted octanol–water partition coefficient (Wildman–Crippen LogP) is -0.565. The maximum Gasteiger partial charge on any atom is 0.241 e. The van der Waals surface area contributed by atoms with E-state index in [1.54, 1.807) is 7.11 Å². The van der Waals surface area contributed by atoms with Crippen LogP contribution in [0.1, 0.15) is 20.8 Å². The fourth-order valence-electron chi connectivity index (χ4n) is 1.56. The summed E-state index contributed by atoms with van der Waals surface area (Å²) in [6, 6.07) is -0.317. The second-order valence-corrected chi connectivity index (χ2v) is 4.78. The topological polar surface area (TPSA) is 62.4 Å². The van der Waals surface area contributed by atoms with Gasteiger partial charge in [0, 0.05) is 25.7 Å². The fourth-order valence-corrected chi connectivity index (χ4v) is 1.56. The third-order valence-electron chi connectivity index (χ3n) is 2.17. The Hall–Kier alpha value is -0.650. The van der Waals surface area contributed by atoms with Gasteiger partial charge in [0.25, 0.3) is 0 Å². The standard InChI is InChI=1S/C10H21N3O2/c1-10(2,3)13-8(14)7-9(15-4)12-6-5-11-7/h7,9,11-12H,5-6H2,1-4H3,(H,13,14). The van der Waals surface area contributed by atoms with Crippen LogP contribution >= 0.6 is 0 Å². The molecule has 0 aromatic carbocycles. The van der Waals surface area contributed by atoms with Crippen LogP contribution in [0.2, 0.25) is 0 Å². The molecule has 15 heavy (non-hydrogen) atoms. The molecule has 1 amide bonds. The quantitative estimate of drug-likeness (QED) is 0.577. The second-order valence-electron chi connectivity index (χ2n) is 4.78. The lowest BCUT2D eigenvalue weighted by atomic mass is 10.1. The fraction of sp³-hybridized carbons (Fsp3) is 0.900. The van der Waals surface area contributed by atoms with Crippen molar-refractivity contribution in [1.82, 2.24) is 16.0 Å². The van der Waals surface area contributed by atoms with Gasteiger partial charge in [-0.2, -0.15) is 0 Å². The van der Waals surface area contributed by atoms with Gasteiger partial charge in [0.1, 0.15) is 12.3 Å². The second kappa shape index (κ2) is 4.92. The van der Waals surface area contributed by atoms with E-state index in [2.05, 4.69) is 16.0 Å². The summed E-state index contributed by atoms with van der Waals surface area (Å²) in [4.78, 5) is 11.9. The molecule has 88 valence electrons. The molecule has 5 heteroatoms. The molecular formula is C10H21N3O2. The van der Waals surface area contributed by atoms with E-state index in [0.29, 0.717) is 0 Å². The molecule has 2 unspecified atom stereocenters. The third kappa shape index (κ3) is 3.77. The van der Waals surface area contributed by atoms with E-state index >= 15 is 0 Å². The number of carbonyl (C=O) groups excluding carboxylic acids is 1. The zero-order chi connectivity index (χ0) is 11.5. The van der Waals surface area contributed by atoms with Crippen LogP contribution in [0.4, 0.5) is 0 Å². The molecular weight excluding hydrogens is 194 g/mol. The summed E-state index contributed by atoms with van der Waals surface area (Å²) < 4.78 is 5.20. The molecule has 1 aliphatic rings. The molecule has 1 saturated heterocycles. The summed E-state index contributed by atoms with van der Waals surface area (Å²) in [7, 11) is 1.60. The Morgan fingerprint density at radius 3 is 2.47 bits per heavy atom. The van der Waals surface area contributed by atoms with Crippen LogP contribution in [0.25, 0.3) is 0 Å². The van der Waals surface area contributed by atoms with E-state index in [1.807, 2.05) is 20.8 Å². The van der Waals surface area contributed by atoms with Gasteiger partial charge in [-0.25, -0.2) is 0 Å². The first-order valence-corrected chi connectivity index (χ1v) is 5.25. The zero-order valence-corrected chi connectivity index (χ0v) is 9.89. The highest BCUT2D eigenvalue weighted by Crippen LogP contribution is 2.04. The summed E-state index contributed by atoms with van der Waals surface area (Å²) in [5, 5.41) is 9.21. The van der Waals surface area contributed by atoms with E-state index in [-0.39, 0.29) is 23.7 Å². The molecule has 3 N–H and O–H groups in total. The van der Waals surface area contributed by atoms with Gasteiger partial charge in [-0.3, -0.25) is 10.1 Å². The lowest BCUT2D eigenvalue weighted by Gasteiger charge is -2.33. The number of hydrogen-bond acceptors (Lipinski definition) is 4. The van der Waals surface area contributed by atoms with Crippen LogP contribution < -0.4 is 16.0 Å². The number of nitrogens with one attached hydrogen (secondary N) is 3. The number of carbonyl (C=O) groups is 1. The van der Waals surface area contributed by atoms with Crippen molar-refractivity contribution in [2.24, 2.45) is 0 Å². The van der Waals surface area contributed by atoms with E-state index in [0.717, 1.165) is 13.1 Å². The summed E-state index contributed by atoms with van der Waals surface area (Å²) in [6.45, 7) is 7.48. The molecule has 0 bridgehead atoms. The number of ether oxygens (including phenoxy) is 1. The first-order chi connectivity index (χ1) is 6.94. The summed E-state index contributed by atoms with van der Waals surface area (Å²) in [6.07, 6.45) is -0.249. The van der Waals surface area contributed by atoms with Crippen molar-refractivity contribution in [3.63, 3.8) is 0 Å². The van der Waals surface area contributed by atoms with Crippen LogP contribution in [-0.2, 0) is 9.53 Å². The number of methoxy groups -OCH3 is 1. The Bertz CT molecular complexity index is 225. The van der Waals surface area contributed by atoms with Gasteiger partial charge in [-0.05, 0) is 20.8 Å². The van der Waals surface area contributed by atoms with Crippen LogP contribution in [-0.4, -0.2) is 43.9 Å². The monoisotopic (exact) mass is 215 g/mol. The van der Waals surface area contributed by atoms with Crippen molar-refractivity contribution < 1.29 is 9.53 Å². The van der Waals surface area contributed by atoms with E-state index in [1.165, 1.54) is 0 Å². The maximum atomic E-state index is 11.9. The zero-order valence-electron chi connectivity index (χ0n) is 9.89. The highest BCUT2D eigenvalue weighted by molar-refractivity contribution is 5.83. The van der Waals surface area contributed by atoms with Gasteiger partial charge in [0.15, 0.2) is 0 Å². The van der Waals surface area contributed by atoms with Crippen molar-refractivity contribution in [2.75, 3.05) is 20.2 Å². The van der Waals surface area contributed by atoms with Crippen LogP contribution in [0.15, 0.2) is 0 Å². The molecule has 0 spiro atoms. The first kappa shape index (κ1) is 12.4. The average Bonchev–Trinajstić information content (AvgIpc) is 2.15. The molecule has 0 aromatic heterocycles. The normalized spacial score (nSPS) is 27.5. The van der Waals surface area contributed by atoms with Gasteiger partial charge in [0.05, 0.1) is 0 Å². The van der Waals surface area contributed by atoms with Gasteiger partial charge in [0.2, 0.25) is 5.91 Å². The predicted molar refractivity (Wildman–Crippen MR) is 58.5 cm³/mol. The lowest BCUT2D eigenvalue weighted by Crippen LogP contribution is -2.64. The van der Waals surface area contributed by atoms with E-state index < -0.39 is 0 Å². The van der Waals surface area contributed by atoms with Crippen molar-refractivity contribution in [3.8, 4) is 0 Å². The average molecular weight is 215 g/mol. The van der Waals surface area contributed by atoms with E-state index in [9.17, 15) is 4.79 Å². The Morgan fingerprint density at radius 1 is 1.33 bits per heavy atom. The van der Waals surface area contributed by atoms with Crippen molar-refractivity contribution >= 4 is 5.91 Å². The highest BCUT2D eigenvalue weighted by Gasteiger charge is 2.32. The van der Waals surface area contributed by atoms with E-state index in [4.69, 9.17) is 4.74 Å². The summed E-state index contributed by atoms with van der Waals surface area (Å²) in [5.74, 6) is -0.0263. The molecule has 0 saturated carbocycles. The smallest absolute Gasteiger partial charge is 0.241 e. The maximum absolute atomic E-state index is 11.9. The molecule has 0 aromatic rings. The molecule has 5 nitrogen and oxygen atoms in total. The lowest BCUT2D eigenvalue weighted by molar-refractivity contribution is -0.129. The summed E-state index contributed by atoms with van der Waals surface area (Å²) >= 11 is 0. The third-order valence-corrected chi connectivity index (χ3v) is 2.17. The SMILES string of the molecule is COC1NCCNC1C(=O)NC(C)(C)C. The molecule has 1 aliphatic heterocycles. The Balaban J connectivity index is 2.56. The molecule has 1 fully saturated rings. The van der Waals surface area contributed by atoms with Gasteiger partial charge in [-0.15, -0.1) is 0 Å². The van der Waals surface area contributed by atoms with Crippen LogP contribution in [0, 0.1) is 0 Å². The molecule has 2 atom stereocenters. The minimum atomic E-state index is -0.317. The van der Waals surface area contributed by atoms with Gasteiger partial charge < -0.3 is 15.4 Å². The Kier molecular flexibility index (Phi) is 4.07. The minimum absolute atomic E-state index is 0.0263.